The predicted molar refractivity (Wildman–Crippen MR) is 130 cm³/mol. The number of amides is 3. The second kappa shape index (κ2) is 10.7. The van der Waals surface area contributed by atoms with Crippen molar-refractivity contribution in [3.05, 3.63) is 64.2 Å². The first-order valence-corrected chi connectivity index (χ1v) is 11.1. The molecule has 8 heteroatoms. The van der Waals surface area contributed by atoms with Crippen molar-refractivity contribution in [3.63, 3.8) is 0 Å². The molecule has 3 amide bonds. The van der Waals surface area contributed by atoms with Crippen molar-refractivity contribution < 1.29 is 19.1 Å². The number of hydrogen-bond donors (Lipinski definition) is 2. The molecule has 0 fully saturated rings. The molecule has 2 N–H and O–H groups in total. The third kappa shape index (κ3) is 6.96. The topological polar surface area (TPSA) is 87.7 Å². The summed E-state index contributed by atoms with van der Waals surface area (Å²) in [6.45, 7) is 10.5. The van der Waals surface area contributed by atoms with Crippen molar-refractivity contribution in [2.45, 2.75) is 59.2 Å². The second-order valence-electron chi connectivity index (χ2n) is 9.00. The SMILES string of the molecule is Cc1ccccc1C(C(=O)Nc1c(C)cccc1Cl)N(C)C(=O)C(C)NC(=O)OC(C)(C)C. The van der Waals surface area contributed by atoms with Gasteiger partial charge in [-0.2, -0.15) is 0 Å². The van der Waals surface area contributed by atoms with Crippen molar-refractivity contribution in [2.24, 2.45) is 0 Å². The van der Waals surface area contributed by atoms with Gasteiger partial charge in [-0.25, -0.2) is 4.79 Å². The quantitative estimate of drug-likeness (QED) is 0.617. The molecule has 0 heterocycles. The number of benzene rings is 2. The van der Waals surface area contributed by atoms with Gasteiger partial charge in [-0.1, -0.05) is 48.0 Å². The summed E-state index contributed by atoms with van der Waals surface area (Å²) < 4.78 is 5.24. The standard InChI is InChI=1S/C25H32ClN3O4/c1-15-11-8-9-13-18(15)21(22(30)28-20-16(2)12-10-14-19(20)26)29(7)23(31)17(3)27-24(32)33-25(4,5)6/h8-14,17,21H,1-7H3,(H,27,32)(H,28,30). The predicted octanol–water partition coefficient (Wildman–Crippen LogP) is 5.01. The van der Waals surface area contributed by atoms with Gasteiger partial charge < -0.3 is 20.3 Å². The van der Waals surface area contributed by atoms with Crippen LogP contribution in [0.1, 0.15) is 50.4 Å². The van der Waals surface area contributed by atoms with Crippen LogP contribution in [0.25, 0.3) is 0 Å². The summed E-state index contributed by atoms with van der Waals surface area (Å²) >= 11 is 6.30. The Morgan fingerprint density at radius 3 is 2.18 bits per heavy atom. The van der Waals surface area contributed by atoms with Crippen molar-refractivity contribution in [1.82, 2.24) is 10.2 Å². The molecule has 0 radical (unpaired) electrons. The summed E-state index contributed by atoms with van der Waals surface area (Å²) in [6.07, 6.45) is -0.708. The van der Waals surface area contributed by atoms with Crippen LogP contribution in [0.3, 0.4) is 0 Å². The van der Waals surface area contributed by atoms with Gasteiger partial charge in [-0.3, -0.25) is 9.59 Å². The Balaban J connectivity index is 2.34. The summed E-state index contributed by atoms with van der Waals surface area (Å²) in [6, 6.07) is 10.8. The highest BCUT2D eigenvalue weighted by molar-refractivity contribution is 6.34. The molecule has 2 aromatic carbocycles. The van der Waals surface area contributed by atoms with Gasteiger partial charge in [0.2, 0.25) is 5.91 Å². The Morgan fingerprint density at radius 2 is 1.61 bits per heavy atom. The van der Waals surface area contributed by atoms with E-state index in [4.69, 9.17) is 16.3 Å². The van der Waals surface area contributed by atoms with Gasteiger partial charge in [-0.15, -0.1) is 0 Å². The normalized spacial score (nSPS) is 13.0. The highest BCUT2D eigenvalue weighted by atomic mass is 35.5. The smallest absolute Gasteiger partial charge is 0.408 e. The van der Waals surface area contributed by atoms with Gasteiger partial charge in [-0.05, 0) is 64.3 Å². The van der Waals surface area contributed by atoms with Crippen LogP contribution < -0.4 is 10.6 Å². The van der Waals surface area contributed by atoms with Crippen molar-refractivity contribution in [2.75, 3.05) is 12.4 Å². The lowest BCUT2D eigenvalue weighted by Gasteiger charge is -2.31. The molecule has 0 aliphatic heterocycles. The molecule has 0 aliphatic carbocycles. The zero-order chi connectivity index (χ0) is 24.9. The summed E-state index contributed by atoms with van der Waals surface area (Å²) in [5, 5.41) is 5.82. The summed E-state index contributed by atoms with van der Waals surface area (Å²) in [5.74, 6) is -0.860. The van der Waals surface area contributed by atoms with Crippen LogP contribution in [0.5, 0.6) is 0 Å². The lowest BCUT2D eigenvalue weighted by atomic mass is 9.98. The van der Waals surface area contributed by atoms with E-state index in [2.05, 4.69) is 10.6 Å². The fourth-order valence-corrected chi connectivity index (χ4v) is 3.65. The Hall–Kier alpha value is -3.06. The van der Waals surface area contributed by atoms with Crippen molar-refractivity contribution in [1.29, 1.82) is 0 Å². The number of hydrogen-bond acceptors (Lipinski definition) is 4. The molecule has 2 atom stereocenters. The van der Waals surface area contributed by atoms with Crippen LogP contribution in [-0.2, 0) is 14.3 Å². The van der Waals surface area contributed by atoms with Gasteiger partial charge in [0.05, 0.1) is 10.7 Å². The fraction of sp³-hybridized carbons (Fsp3) is 0.400. The average molecular weight is 474 g/mol. The Morgan fingerprint density at radius 1 is 1.00 bits per heavy atom. The number of para-hydroxylation sites is 1. The molecule has 33 heavy (non-hydrogen) atoms. The third-order valence-electron chi connectivity index (χ3n) is 5.04. The number of carbonyl (C=O) groups is 3. The highest BCUT2D eigenvalue weighted by Gasteiger charge is 2.33. The largest absolute Gasteiger partial charge is 0.444 e. The van der Waals surface area contributed by atoms with Crippen LogP contribution in [0.4, 0.5) is 10.5 Å². The molecule has 0 spiro atoms. The summed E-state index contributed by atoms with van der Waals surface area (Å²) in [4.78, 5) is 40.2. The first-order valence-electron chi connectivity index (χ1n) is 10.7. The number of nitrogens with zero attached hydrogens (tertiary/aromatic N) is 1. The molecular formula is C25H32ClN3O4. The first-order chi connectivity index (χ1) is 15.3. The molecule has 0 bridgehead atoms. The minimum atomic E-state index is -0.947. The van der Waals surface area contributed by atoms with Gasteiger partial charge in [0, 0.05) is 7.05 Å². The number of alkyl carbamates (subject to hydrolysis) is 1. The van der Waals surface area contributed by atoms with Gasteiger partial charge in [0.1, 0.15) is 17.7 Å². The van der Waals surface area contributed by atoms with Crippen molar-refractivity contribution in [3.8, 4) is 0 Å². The molecule has 0 aliphatic rings. The number of likely N-dealkylation sites (N-methyl/N-ethyl adjacent to an activating group) is 1. The van der Waals surface area contributed by atoms with Crippen LogP contribution in [0.2, 0.25) is 5.02 Å². The maximum atomic E-state index is 13.5. The van der Waals surface area contributed by atoms with E-state index in [0.29, 0.717) is 16.3 Å². The third-order valence-corrected chi connectivity index (χ3v) is 5.36. The van der Waals surface area contributed by atoms with E-state index in [-0.39, 0.29) is 0 Å². The van der Waals surface area contributed by atoms with E-state index >= 15 is 0 Å². The van der Waals surface area contributed by atoms with Crippen LogP contribution in [0.15, 0.2) is 42.5 Å². The molecule has 2 unspecified atom stereocenters. The zero-order valence-corrected chi connectivity index (χ0v) is 20.9. The van der Waals surface area contributed by atoms with Crippen LogP contribution in [-0.4, -0.2) is 41.5 Å². The van der Waals surface area contributed by atoms with E-state index in [0.717, 1.165) is 11.1 Å². The fourth-order valence-electron chi connectivity index (χ4n) is 3.38. The lowest BCUT2D eigenvalue weighted by Crippen LogP contribution is -2.49. The molecule has 0 saturated carbocycles. The molecule has 2 aromatic rings. The maximum Gasteiger partial charge on any atom is 0.408 e. The van der Waals surface area contributed by atoms with Gasteiger partial charge in [0.25, 0.3) is 5.91 Å². The number of rotatable bonds is 6. The maximum absolute atomic E-state index is 13.5. The number of carbonyl (C=O) groups excluding carboxylic acids is 3. The monoisotopic (exact) mass is 473 g/mol. The minimum Gasteiger partial charge on any atom is -0.444 e. The Labute approximate surface area is 200 Å². The molecule has 7 nitrogen and oxygen atoms in total. The van der Waals surface area contributed by atoms with Crippen LogP contribution >= 0.6 is 11.6 Å². The van der Waals surface area contributed by atoms with Gasteiger partial charge in [0.15, 0.2) is 0 Å². The number of nitrogens with one attached hydrogen (secondary N) is 2. The average Bonchev–Trinajstić information content (AvgIpc) is 2.70. The van der Waals surface area contributed by atoms with E-state index in [9.17, 15) is 14.4 Å². The number of anilines is 1. The minimum absolute atomic E-state index is 0.404. The summed E-state index contributed by atoms with van der Waals surface area (Å²) in [5.41, 5.74) is 2.10. The number of halogens is 1. The molecule has 178 valence electrons. The Kier molecular flexibility index (Phi) is 8.50. The first kappa shape index (κ1) is 26.2. The van der Waals surface area contributed by atoms with Crippen molar-refractivity contribution >= 4 is 35.2 Å². The zero-order valence-electron chi connectivity index (χ0n) is 20.2. The number of ether oxygens (including phenoxy) is 1. The molecule has 0 aromatic heterocycles. The second-order valence-corrected chi connectivity index (χ2v) is 9.40. The highest BCUT2D eigenvalue weighted by Crippen LogP contribution is 2.29. The lowest BCUT2D eigenvalue weighted by molar-refractivity contribution is -0.138. The number of aryl methyl sites for hydroxylation is 2. The molecule has 2 rings (SSSR count). The van der Waals surface area contributed by atoms with E-state index < -0.39 is 35.6 Å². The molecule has 0 saturated heterocycles. The summed E-state index contributed by atoms with van der Waals surface area (Å²) in [7, 11) is 1.53. The van der Waals surface area contributed by atoms with E-state index in [1.165, 1.54) is 11.9 Å². The van der Waals surface area contributed by atoms with E-state index in [1.807, 2.05) is 38.1 Å². The Bertz CT molecular complexity index is 1010. The van der Waals surface area contributed by atoms with Crippen LogP contribution in [0, 0.1) is 13.8 Å². The van der Waals surface area contributed by atoms with Gasteiger partial charge >= 0.3 is 6.09 Å². The van der Waals surface area contributed by atoms with E-state index in [1.54, 1.807) is 45.9 Å². The molecular weight excluding hydrogens is 442 g/mol.